The third-order valence-electron chi connectivity index (χ3n) is 2.31. The van der Waals surface area contributed by atoms with Gasteiger partial charge >= 0.3 is 0 Å². The smallest absolute Gasteiger partial charge is 0.258 e. The summed E-state index contributed by atoms with van der Waals surface area (Å²) in [6, 6.07) is 7.69. The molecular weight excluding hydrogens is 364 g/mol. The minimum atomic E-state index is -0.585. The van der Waals surface area contributed by atoms with Gasteiger partial charge in [0.25, 0.3) is 5.69 Å². The maximum atomic E-state index is 10.8. The van der Waals surface area contributed by atoms with Crippen LogP contribution in [0.15, 0.2) is 40.1 Å². The summed E-state index contributed by atoms with van der Waals surface area (Å²) < 4.78 is 0. The number of halogens is 4. The first-order chi connectivity index (χ1) is 9.38. The normalized spacial score (nSPS) is 10.6. The van der Waals surface area contributed by atoms with Gasteiger partial charge < -0.3 is 0 Å². The molecule has 0 aromatic heterocycles. The molecule has 0 heterocycles. The summed E-state index contributed by atoms with van der Waals surface area (Å²) in [6.45, 7) is 0. The molecule has 0 spiro atoms. The van der Waals surface area contributed by atoms with Crippen LogP contribution in [0.4, 0.5) is 5.69 Å². The Kier molecular flexibility index (Phi) is 5.04. The quantitative estimate of drug-likeness (QED) is 0.467. The molecular formula is C12H5Cl4NO2S. The average Bonchev–Trinajstić information content (AvgIpc) is 2.36. The van der Waals surface area contributed by atoms with E-state index < -0.39 is 4.92 Å². The molecule has 0 N–H and O–H groups in total. The van der Waals surface area contributed by atoms with Crippen molar-refractivity contribution in [2.45, 2.75) is 9.79 Å². The zero-order chi connectivity index (χ0) is 14.9. The maximum Gasteiger partial charge on any atom is 0.289 e. The van der Waals surface area contributed by atoms with Crippen LogP contribution in [0.2, 0.25) is 20.1 Å². The van der Waals surface area contributed by atoms with Gasteiger partial charge in [-0.25, -0.2) is 0 Å². The lowest BCUT2D eigenvalue weighted by Gasteiger charge is -2.07. The second-order valence-electron chi connectivity index (χ2n) is 3.67. The highest BCUT2D eigenvalue weighted by Crippen LogP contribution is 2.41. The first-order valence-electron chi connectivity index (χ1n) is 5.15. The average molecular weight is 369 g/mol. The fourth-order valence-corrected chi connectivity index (χ4v) is 3.37. The molecule has 104 valence electrons. The van der Waals surface area contributed by atoms with Gasteiger partial charge in [-0.05, 0) is 24.3 Å². The van der Waals surface area contributed by atoms with Gasteiger partial charge in [0.2, 0.25) is 0 Å². The summed E-state index contributed by atoms with van der Waals surface area (Å²) >= 11 is 25.0. The molecule has 2 aromatic carbocycles. The van der Waals surface area contributed by atoms with Gasteiger partial charge in [-0.1, -0.05) is 58.2 Å². The second-order valence-corrected chi connectivity index (χ2v) is 6.41. The van der Waals surface area contributed by atoms with Crippen molar-refractivity contribution in [1.29, 1.82) is 0 Å². The van der Waals surface area contributed by atoms with Gasteiger partial charge in [0.1, 0.15) is 5.02 Å². The Bertz CT molecular complexity index is 693. The van der Waals surface area contributed by atoms with E-state index in [1.165, 1.54) is 23.9 Å². The number of nitro groups is 1. The zero-order valence-corrected chi connectivity index (χ0v) is 13.4. The van der Waals surface area contributed by atoms with Crippen molar-refractivity contribution >= 4 is 63.9 Å². The molecule has 0 unspecified atom stereocenters. The van der Waals surface area contributed by atoms with E-state index in [0.29, 0.717) is 14.9 Å². The highest BCUT2D eigenvalue weighted by atomic mass is 35.5. The first kappa shape index (κ1) is 15.7. The van der Waals surface area contributed by atoms with Gasteiger partial charge in [0, 0.05) is 20.9 Å². The standard InChI is InChI=1S/C12H5Cl4NO2S/c13-6-1-2-11(8(15)3-6)20-12-5-7(14)10(17(18)19)4-9(12)16/h1-5H. The van der Waals surface area contributed by atoms with E-state index in [1.807, 2.05) is 0 Å². The third kappa shape index (κ3) is 3.51. The summed E-state index contributed by atoms with van der Waals surface area (Å²) in [5.74, 6) is 0. The minimum Gasteiger partial charge on any atom is -0.258 e. The molecule has 0 aliphatic carbocycles. The maximum absolute atomic E-state index is 10.8. The highest BCUT2D eigenvalue weighted by molar-refractivity contribution is 7.99. The number of nitrogens with zero attached hydrogens (tertiary/aromatic N) is 1. The van der Waals surface area contributed by atoms with Crippen molar-refractivity contribution in [2.24, 2.45) is 0 Å². The van der Waals surface area contributed by atoms with Crippen molar-refractivity contribution in [1.82, 2.24) is 0 Å². The van der Waals surface area contributed by atoms with Crippen LogP contribution in [0.25, 0.3) is 0 Å². The SMILES string of the molecule is O=[N+]([O-])c1cc(Cl)c(Sc2ccc(Cl)cc2Cl)cc1Cl. The summed E-state index contributed by atoms with van der Waals surface area (Å²) in [7, 11) is 0. The van der Waals surface area contributed by atoms with Crippen LogP contribution < -0.4 is 0 Å². The number of nitro benzene ring substituents is 1. The van der Waals surface area contributed by atoms with Crippen LogP contribution in [-0.4, -0.2) is 4.92 Å². The number of hydrogen-bond donors (Lipinski definition) is 0. The van der Waals surface area contributed by atoms with Crippen LogP contribution in [-0.2, 0) is 0 Å². The van der Waals surface area contributed by atoms with Crippen LogP contribution in [0, 0.1) is 10.1 Å². The van der Waals surface area contributed by atoms with E-state index in [9.17, 15) is 10.1 Å². The first-order valence-corrected chi connectivity index (χ1v) is 7.47. The molecule has 0 saturated carbocycles. The van der Waals surface area contributed by atoms with Crippen LogP contribution in [0.3, 0.4) is 0 Å². The number of benzene rings is 2. The molecule has 2 rings (SSSR count). The monoisotopic (exact) mass is 367 g/mol. The van der Waals surface area contributed by atoms with Crippen molar-refractivity contribution in [3.8, 4) is 0 Å². The van der Waals surface area contributed by atoms with Crippen molar-refractivity contribution in [3.63, 3.8) is 0 Å². The largest absolute Gasteiger partial charge is 0.289 e. The van der Waals surface area contributed by atoms with E-state index in [-0.39, 0.29) is 15.7 Å². The van der Waals surface area contributed by atoms with Crippen molar-refractivity contribution < 1.29 is 4.92 Å². The third-order valence-corrected chi connectivity index (χ3v) is 4.83. The topological polar surface area (TPSA) is 43.1 Å². The predicted octanol–water partition coefficient (Wildman–Crippen LogP) is 6.36. The van der Waals surface area contributed by atoms with Gasteiger partial charge in [0.15, 0.2) is 0 Å². The summed E-state index contributed by atoms with van der Waals surface area (Å²) in [5, 5.41) is 12.0. The van der Waals surface area contributed by atoms with Crippen molar-refractivity contribution in [3.05, 3.63) is 60.5 Å². The lowest BCUT2D eigenvalue weighted by Crippen LogP contribution is -1.90. The van der Waals surface area contributed by atoms with Gasteiger partial charge in [-0.2, -0.15) is 0 Å². The fraction of sp³-hybridized carbons (Fsp3) is 0. The molecule has 0 aliphatic rings. The van der Waals surface area contributed by atoms with E-state index in [0.717, 1.165) is 4.90 Å². The Balaban J connectivity index is 2.39. The molecule has 3 nitrogen and oxygen atoms in total. The fourth-order valence-electron chi connectivity index (χ4n) is 1.41. The molecule has 0 bridgehead atoms. The second kappa shape index (κ2) is 6.41. The van der Waals surface area contributed by atoms with Gasteiger partial charge in [-0.15, -0.1) is 0 Å². The summed E-state index contributed by atoms with van der Waals surface area (Å²) in [5.41, 5.74) is -0.233. The minimum absolute atomic E-state index is 0.0204. The lowest BCUT2D eigenvalue weighted by molar-refractivity contribution is -0.384. The Morgan fingerprint density at radius 1 is 0.900 bits per heavy atom. The van der Waals surface area contributed by atoms with Gasteiger partial charge in [0.05, 0.1) is 15.0 Å². The molecule has 0 aliphatic heterocycles. The summed E-state index contributed by atoms with van der Waals surface area (Å²) in [6.07, 6.45) is 0. The number of hydrogen-bond acceptors (Lipinski definition) is 3. The van der Waals surface area contributed by atoms with Gasteiger partial charge in [-0.3, -0.25) is 10.1 Å². The molecule has 0 fully saturated rings. The zero-order valence-electron chi connectivity index (χ0n) is 9.57. The van der Waals surface area contributed by atoms with E-state index in [4.69, 9.17) is 46.4 Å². The highest BCUT2D eigenvalue weighted by Gasteiger charge is 2.17. The molecule has 8 heteroatoms. The molecule has 0 radical (unpaired) electrons. The van der Waals surface area contributed by atoms with E-state index in [1.54, 1.807) is 18.2 Å². The Morgan fingerprint density at radius 3 is 2.15 bits per heavy atom. The Morgan fingerprint density at radius 2 is 1.55 bits per heavy atom. The summed E-state index contributed by atoms with van der Waals surface area (Å²) in [4.78, 5) is 11.5. The molecule has 2 aromatic rings. The molecule has 0 atom stereocenters. The van der Waals surface area contributed by atoms with Crippen LogP contribution >= 0.6 is 58.2 Å². The molecule has 20 heavy (non-hydrogen) atoms. The van der Waals surface area contributed by atoms with Crippen molar-refractivity contribution in [2.75, 3.05) is 0 Å². The molecule has 0 saturated heterocycles. The molecule has 0 amide bonds. The Labute approximate surface area is 138 Å². The van der Waals surface area contributed by atoms with E-state index >= 15 is 0 Å². The van der Waals surface area contributed by atoms with Crippen LogP contribution in [0.1, 0.15) is 0 Å². The lowest BCUT2D eigenvalue weighted by atomic mass is 10.3. The number of rotatable bonds is 3. The van der Waals surface area contributed by atoms with E-state index in [2.05, 4.69) is 0 Å². The Hall–Kier alpha value is -0.650. The predicted molar refractivity (Wildman–Crippen MR) is 83.7 cm³/mol. The van der Waals surface area contributed by atoms with Crippen LogP contribution in [0.5, 0.6) is 0 Å².